The van der Waals surface area contributed by atoms with Gasteiger partial charge in [-0.25, -0.2) is 24.0 Å². The van der Waals surface area contributed by atoms with Crippen molar-refractivity contribution >= 4 is 41.8 Å². The first-order chi connectivity index (χ1) is 32.0. The van der Waals surface area contributed by atoms with Crippen LogP contribution in [0.4, 0.5) is 0 Å². The first kappa shape index (κ1) is 46.9. The first-order valence-corrected chi connectivity index (χ1v) is 19.1. The Morgan fingerprint density at radius 1 is 0.574 bits per heavy atom. The fraction of sp³-hybridized carbons (Fsp3) is 0.244. The lowest BCUT2D eigenvalue weighted by molar-refractivity contribution is -0.287. The maximum absolute atomic E-state index is 14.5. The number of aromatic hydroxyl groups is 11. The largest absolute Gasteiger partial charge is 0.504 e. The number of rotatable bonds is 9. The normalized spacial score (nSPS) is 23.0. The second-order valence-corrected chi connectivity index (χ2v) is 14.9. The van der Waals surface area contributed by atoms with E-state index in [0.717, 1.165) is 0 Å². The molecule has 358 valence electrons. The number of carbonyl (C=O) groups excluding carboxylic acids is 6. The summed E-state index contributed by atoms with van der Waals surface area (Å²) in [7, 11) is 0. The second-order valence-electron chi connectivity index (χ2n) is 14.9. The van der Waals surface area contributed by atoms with Crippen LogP contribution in [0.2, 0.25) is 0 Å². The number of fused-ring (bicyclic) bond motifs is 2. The van der Waals surface area contributed by atoms with Gasteiger partial charge >= 0.3 is 41.8 Å². The van der Waals surface area contributed by atoms with Crippen molar-refractivity contribution < 1.29 is 133 Å². The summed E-state index contributed by atoms with van der Waals surface area (Å²) in [5, 5.41) is 133. The molecule has 0 spiro atoms. The van der Waals surface area contributed by atoms with Crippen molar-refractivity contribution in [3.05, 3.63) is 70.3 Å². The summed E-state index contributed by atoms with van der Waals surface area (Å²) in [6, 6.07) is 3.84. The minimum absolute atomic E-state index is 0.449. The molecule has 1 saturated heterocycles. The number of hydrogen-bond donors (Lipinski definition) is 13. The van der Waals surface area contributed by atoms with Crippen molar-refractivity contribution in [3.63, 3.8) is 0 Å². The number of aliphatic carboxylic acids is 1. The van der Waals surface area contributed by atoms with Gasteiger partial charge < -0.3 is 99.5 Å². The van der Waals surface area contributed by atoms with Crippen LogP contribution in [0.25, 0.3) is 0 Å². The molecule has 13 N–H and O–H groups in total. The molecule has 3 heterocycles. The third-order valence-electron chi connectivity index (χ3n) is 10.6. The zero-order valence-electron chi connectivity index (χ0n) is 33.6. The maximum atomic E-state index is 14.5. The molecule has 0 aliphatic carbocycles. The maximum Gasteiger partial charge on any atom is 0.341 e. The number of carboxylic acid groups (broad SMARTS) is 1. The fourth-order valence-electron chi connectivity index (χ4n) is 7.37. The van der Waals surface area contributed by atoms with Crippen LogP contribution in [0.15, 0.2) is 42.5 Å². The molecule has 68 heavy (non-hydrogen) atoms. The van der Waals surface area contributed by atoms with Gasteiger partial charge in [0.15, 0.2) is 81.6 Å². The topological polar surface area (TPSA) is 447 Å². The van der Waals surface area contributed by atoms with Crippen molar-refractivity contribution in [1.29, 1.82) is 0 Å². The van der Waals surface area contributed by atoms with E-state index in [1.807, 2.05) is 0 Å². The minimum atomic E-state index is -2.57. The number of benzene rings is 4. The molecular formula is C41H32O27. The number of aliphatic hydroxyl groups excluding tert-OH is 1. The molecule has 27 heteroatoms. The lowest BCUT2D eigenvalue weighted by Crippen LogP contribution is -2.63. The smallest absolute Gasteiger partial charge is 0.341 e. The number of phenols is 11. The molecule has 1 fully saturated rings. The van der Waals surface area contributed by atoms with E-state index in [1.165, 1.54) is 0 Å². The predicted molar refractivity (Wildman–Crippen MR) is 207 cm³/mol. The highest BCUT2D eigenvalue weighted by atomic mass is 16.7. The summed E-state index contributed by atoms with van der Waals surface area (Å²) < 4.78 is 38.6. The third kappa shape index (κ3) is 8.58. The van der Waals surface area contributed by atoms with E-state index in [2.05, 4.69) is 0 Å². The van der Waals surface area contributed by atoms with Gasteiger partial charge in [0.25, 0.3) is 0 Å². The second kappa shape index (κ2) is 17.7. The monoisotopic (exact) mass is 956 g/mol. The number of hydrogen-bond acceptors (Lipinski definition) is 26. The van der Waals surface area contributed by atoms with Gasteiger partial charge in [-0.05, 0) is 42.5 Å². The summed E-state index contributed by atoms with van der Waals surface area (Å²) in [6.45, 7) is -1.28. The Morgan fingerprint density at radius 2 is 1.04 bits per heavy atom. The van der Waals surface area contributed by atoms with E-state index in [0.29, 0.717) is 42.5 Å². The van der Waals surface area contributed by atoms with Gasteiger partial charge in [-0.15, -0.1) is 0 Å². The van der Waals surface area contributed by atoms with Crippen molar-refractivity contribution in [3.8, 4) is 69.0 Å². The summed E-state index contributed by atoms with van der Waals surface area (Å²) >= 11 is 0. The van der Waals surface area contributed by atoms with Crippen molar-refractivity contribution in [2.45, 2.75) is 49.1 Å². The zero-order valence-corrected chi connectivity index (χ0v) is 33.6. The summed E-state index contributed by atoms with van der Waals surface area (Å²) in [5.41, 5.74) is -4.15. The van der Waals surface area contributed by atoms with E-state index in [4.69, 9.17) is 33.2 Å². The lowest BCUT2D eigenvalue weighted by Gasteiger charge is -2.44. The van der Waals surface area contributed by atoms with Gasteiger partial charge in [-0.1, -0.05) is 0 Å². The van der Waals surface area contributed by atoms with Gasteiger partial charge in [0.2, 0.25) is 18.1 Å². The summed E-state index contributed by atoms with van der Waals surface area (Å²) in [6.07, 6.45) is -16.3. The van der Waals surface area contributed by atoms with Gasteiger partial charge in [0.1, 0.15) is 12.7 Å². The number of ether oxygens (including phenoxy) is 7. The highest BCUT2D eigenvalue weighted by Gasteiger charge is 2.57. The van der Waals surface area contributed by atoms with Crippen LogP contribution in [0.3, 0.4) is 0 Å². The van der Waals surface area contributed by atoms with Gasteiger partial charge in [0.05, 0.1) is 34.6 Å². The van der Waals surface area contributed by atoms with Crippen LogP contribution >= 0.6 is 0 Å². The van der Waals surface area contributed by atoms with Crippen LogP contribution in [-0.4, -0.2) is 152 Å². The Bertz CT molecular complexity index is 2750. The van der Waals surface area contributed by atoms with Crippen LogP contribution in [0.1, 0.15) is 59.3 Å². The highest BCUT2D eigenvalue weighted by Crippen LogP contribution is 2.51. The molecule has 8 atom stereocenters. The highest BCUT2D eigenvalue weighted by molar-refractivity contribution is 5.98. The molecule has 3 aliphatic rings. The Balaban J connectivity index is 1.44. The Labute approximate surface area is 375 Å². The molecule has 27 nitrogen and oxygen atoms in total. The van der Waals surface area contributed by atoms with Crippen molar-refractivity contribution in [1.82, 2.24) is 0 Å². The minimum Gasteiger partial charge on any atom is -0.504 e. The predicted octanol–water partition coefficient (Wildman–Crippen LogP) is 0.0179. The molecule has 4 aromatic carbocycles. The first-order valence-electron chi connectivity index (χ1n) is 19.1. The van der Waals surface area contributed by atoms with E-state index in [1.54, 1.807) is 0 Å². The van der Waals surface area contributed by atoms with Crippen LogP contribution in [-0.2, 0) is 42.8 Å². The molecule has 7 rings (SSSR count). The Hall–Kier alpha value is -9.11. The zero-order chi connectivity index (χ0) is 49.8. The summed E-state index contributed by atoms with van der Waals surface area (Å²) in [4.78, 5) is 95.4. The molecule has 0 amide bonds. The molecule has 0 aromatic heterocycles. The van der Waals surface area contributed by atoms with Crippen LogP contribution in [0, 0.1) is 5.92 Å². The Morgan fingerprint density at radius 3 is 1.54 bits per heavy atom. The Kier molecular flexibility index (Phi) is 12.2. The van der Waals surface area contributed by atoms with E-state index in [9.17, 15) is 99.9 Å². The van der Waals surface area contributed by atoms with Crippen molar-refractivity contribution in [2.24, 2.45) is 5.92 Å². The molecule has 0 saturated carbocycles. The van der Waals surface area contributed by atoms with E-state index >= 15 is 0 Å². The SMILES string of the molecule is O=C(O)C[C@@H]1C(=O)O[C@@H]2C(COC(=O)c3cc(O)c(O)c(O)c3)O[C@@H](OC(=O)c3cc(O)c(O)c(O)c3)C(OC(=O)c3cc(O)c(O)c4c3[C@H]1[C@@H](O)C(=O)O4)[C@@H]2OC(=O)c1cc(O)c(O)c(O)c1. The van der Waals surface area contributed by atoms with Gasteiger partial charge in [-0.3, -0.25) is 9.59 Å². The van der Waals surface area contributed by atoms with Crippen LogP contribution in [0.5, 0.6) is 69.0 Å². The van der Waals surface area contributed by atoms with Crippen molar-refractivity contribution in [2.75, 3.05) is 6.61 Å². The quantitative estimate of drug-likeness (QED) is 0.0455. The number of esters is 6. The average molecular weight is 957 g/mol. The number of carboxylic acids is 1. The molecule has 2 bridgehead atoms. The molecule has 3 aliphatic heterocycles. The molecule has 0 radical (unpaired) electrons. The van der Waals surface area contributed by atoms with Gasteiger partial charge in [-0.2, -0.15) is 0 Å². The number of phenolic OH excluding ortho intramolecular Hbond substituents is 11. The van der Waals surface area contributed by atoms with Crippen LogP contribution < -0.4 is 4.74 Å². The third-order valence-corrected chi connectivity index (χ3v) is 10.6. The summed E-state index contributed by atoms with van der Waals surface area (Å²) in [5.74, 6) is -29.8. The van der Waals surface area contributed by atoms with E-state index < -0.39 is 200 Å². The van der Waals surface area contributed by atoms with Gasteiger partial charge in [0, 0.05) is 11.5 Å². The number of aliphatic hydroxyl groups is 1. The van der Waals surface area contributed by atoms with E-state index in [-0.39, 0.29) is 0 Å². The standard InChI is InChI=1S/C41H32O27/c42-15-1-10(2-16(43)26(15)51)35(56)62-9-22-31-33(66-36(57)11-3-17(44)27(52)18(45)4-11)34(41(63-22)68-37(58)12-5-19(46)28(53)20(47)6-12)67-38(59)13-7-21(48)29(54)32-25(13)24(30(55)40(61)65-32)14(8-23(49)50)39(60)64-31/h1-7,14,22,24,30-31,33-34,41-48,51-55H,8-9H2,(H,49,50)/t14-,22?,24-,30+,31+,33+,34?,41-/m0/s1. The molecule has 4 aromatic rings. The fourth-order valence-corrected chi connectivity index (χ4v) is 7.37. The lowest BCUT2D eigenvalue weighted by atomic mass is 9.76. The average Bonchev–Trinajstić information content (AvgIpc) is 3.28. The molecule has 2 unspecified atom stereocenters. The number of carbonyl (C=O) groups is 7. The molecular weight excluding hydrogens is 924 g/mol.